The number of benzene rings is 1. The molecule has 1 aromatic carbocycles. The lowest BCUT2D eigenvalue weighted by Crippen LogP contribution is -2.41. The second kappa shape index (κ2) is 6.22. The molecule has 0 saturated carbocycles. The van der Waals surface area contributed by atoms with E-state index in [4.69, 9.17) is 4.74 Å². The molecule has 1 heterocycles. The number of allylic oxidation sites excluding steroid dienone is 4. The molecule has 0 saturated heterocycles. The molecule has 148 valence electrons. The summed E-state index contributed by atoms with van der Waals surface area (Å²) in [6.45, 7) is 9.66. The second-order valence-corrected chi connectivity index (χ2v) is 7.69. The van der Waals surface area contributed by atoms with Crippen LogP contribution in [0.1, 0.15) is 56.1 Å². The SMILES string of the molecule is CC(=O)c1c(O)c(C)c(O)c2c1OC1=CC(=O)/C(=C(/C)NC(C)C)C(=O)[C@]12C. The smallest absolute Gasteiger partial charge is 0.194 e. The van der Waals surface area contributed by atoms with Crippen LogP contribution in [0, 0.1) is 6.92 Å². The molecule has 0 radical (unpaired) electrons. The third-order valence-electron chi connectivity index (χ3n) is 5.26. The lowest BCUT2D eigenvalue weighted by molar-refractivity contribution is -0.123. The number of hydrogen-bond donors (Lipinski definition) is 3. The Morgan fingerprint density at radius 1 is 1.18 bits per heavy atom. The van der Waals surface area contributed by atoms with Crippen molar-refractivity contribution in [3.8, 4) is 17.2 Å². The molecule has 0 aromatic heterocycles. The van der Waals surface area contributed by atoms with Gasteiger partial charge in [-0.25, -0.2) is 0 Å². The highest BCUT2D eigenvalue weighted by Gasteiger charge is 2.56. The maximum Gasteiger partial charge on any atom is 0.194 e. The normalized spacial score (nSPS) is 22.5. The molecule has 3 N–H and O–H groups in total. The van der Waals surface area contributed by atoms with Gasteiger partial charge in [-0.05, 0) is 41.5 Å². The second-order valence-electron chi connectivity index (χ2n) is 7.69. The van der Waals surface area contributed by atoms with E-state index in [1.54, 1.807) is 13.8 Å². The highest BCUT2D eigenvalue weighted by Crippen LogP contribution is 2.57. The van der Waals surface area contributed by atoms with Crippen LogP contribution in [0.25, 0.3) is 0 Å². The maximum atomic E-state index is 13.5. The van der Waals surface area contributed by atoms with E-state index in [0.717, 1.165) is 0 Å². The van der Waals surface area contributed by atoms with Gasteiger partial charge < -0.3 is 20.3 Å². The summed E-state index contributed by atoms with van der Waals surface area (Å²) in [5.74, 6) is -2.32. The zero-order valence-corrected chi connectivity index (χ0v) is 16.7. The van der Waals surface area contributed by atoms with Crippen LogP contribution in [0.5, 0.6) is 17.2 Å². The summed E-state index contributed by atoms with van der Waals surface area (Å²) in [4.78, 5) is 38.2. The van der Waals surface area contributed by atoms with Gasteiger partial charge in [-0.3, -0.25) is 14.4 Å². The van der Waals surface area contributed by atoms with Gasteiger partial charge in [-0.1, -0.05) is 0 Å². The molecule has 7 nitrogen and oxygen atoms in total. The minimum absolute atomic E-state index is 0.00954. The van der Waals surface area contributed by atoms with E-state index in [-0.39, 0.29) is 45.6 Å². The number of hydrogen-bond acceptors (Lipinski definition) is 7. The van der Waals surface area contributed by atoms with Crippen LogP contribution in [0.15, 0.2) is 23.1 Å². The molecule has 0 unspecified atom stereocenters. The zero-order valence-electron chi connectivity index (χ0n) is 16.7. The first kappa shape index (κ1) is 19.7. The number of phenols is 2. The van der Waals surface area contributed by atoms with Crippen molar-refractivity contribution in [1.82, 2.24) is 5.32 Å². The van der Waals surface area contributed by atoms with E-state index >= 15 is 0 Å². The third-order valence-corrected chi connectivity index (χ3v) is 5.26. The number of nitrogens with one attached hydrogen (secondary N) is 1. The Kier molecular flexibility index (Phi) is 4.37. The molecule has 0 spiro atoms. The predicted octanol–water partition coefficient (Wildman–Crippen LogP) is 2.57. The van der Waals surface area contributed by atoms with Gasteiger partial charge in [0.1, 0.15) is 34.0 Å². The monoisotopic (exact) mass is 385 g/mol. The molecule has 3 rings (SSSR count). The Hall–Kier alpha value is -3.09. The summed E-state index contributed by atoms with van der Waals surface area (Å²) in [5.41, 5.74) is -1.04. The van der Waals surface area contributed by atoms with E-state index < -0.39 is 28.5 Å². The Balaban J connectivity index is 2.35. The quantitative estimate of drug-likeness (QED) is 0.416. The van der Waals surface area contributed by atoms with Crippen molar-refractivity contribution in [1.29, 1.82) is 0 Å². The number of rotatable bonds is 3. The average molecular weight is 385 g/mol. The number of carbonyl (C=O) groups is 3. The standard InChI is InChI=1S/C21H23NO6/c1-8(2)22-10(4)14-12(24)7-13-21(6,20(14)27)16-18(26)9(3)17(25)15(11(5)23)19(16)28-13/h7-8,22,25-26H,1-6H3/b14-10+/t21-/m1/s1. The van der Waals surface area contributed by atoms with E-state index in [1.807, 2.05) is 13.8 Å². The van der Waals surface area contributed by atoms with Crippen LogP contribution < -0.4 is 10.1 Å². The van der Waals surface area contributed by atoms with Crippen molar-refractivity contribution in [2.75, 3.05) is 0 Å². The molecule has 0 fully saturated rings. The first-order chi connectivity index (χ1) is 12.9. The molecule has 1 aliphatic carbocycles. The Labute approximate surface area is 162 Å². The summed E-state index contributed by atoms with van der Waals surface area (Å²) in [6, 6.07) is 0.00954. The minimum Gasteiger partial charge on any atom is -0.507 e. The van der Waals surface area contributed by atoms with Gasteiger partial charge >= 0.3 is 0 Å². The highest BCUT2D eigenvalue weighted by molar-refractivity contribution is 6.31. The van der Waals surface area contributed by atoms with E-state index in [2.05, 4.69) is 5.32 Å². The fourth-order valence-electron chi connectivity index (χ4n) is 3.87. The molecule has 1 aromatic rings. The van der Waals surface area contributed by atoms with Crippen LogP contribution in [-0.4, -0.2) is 33.6 Å². The third kappa shape index (κ3) is 2.46. The fourth-order valence-corrected chi connectivity index (χ4v) is 3.87. The minimum atomic E-state index is -1.48. The summed E-state index contributed by atoms with van der Waals surface area (Å²) >= 11 is 0. The number of Topliss-reactive ketones (excluding diaryl/α,β-unsaturated/α-hetero) is 2. The van der Waals surface area contributed by atoms with Crippen LogP contribution in [-0.2, 0) is 15.0 Å². The predicted molar refractivity (Wildman–Crippen MR) is 102 cm³/mol. The summed E-state index contributed by atoms with van der Waals surface area (Å²) in [7, 11) is 0. The number of phenolic OH excluding ortho intramolecular Hbond substituents is 2. The van der Waals surface area contributed by atoms with Crippen molar-refractivity contribution >= 4 is 17.3 Å². The van der Waals surface area contributed by atoms with Gasteiger partial charge in [0.15, 0.2) is 17.3 Å². The number of fused-ring (bicyclic) bond motifs is 3. The summed E-state index contributed by atoms with van der Waals surface area (Å²) in [6.07, 6.45) is 1.21. The van der Waals surface area contributed by atoms with E-state index in [1.165, 1.54) is 19.9 Å². The summed E-state index contributed by atoms with van der Waals surface area (Å²) < 4.78 is 5.71. The lowest BCUT2D eigenvalue weighted by atomic mass is 9.70. The number of aromatic hydroxyl groups is 2. The topological polar surface area (TPSA) is 113 Å². The van der Waals surface area contributed by atoms with E-state index in [9.17, 15) is 24.6 Å². The highest BCUT2D eigenvalue weighted by atomic mass is 16.5. The number of ether oxygens (including phenoxy) is 1. The van der Waals surface area contributed by atoms with Crippen molar-refractivity contribution in [2.45, 2.75) is 53.0 Å². The van der Waals surface area contributed by atoms with Gasteiger partial charge in [-0.2, -0.15) is 0 Å². The average Bonchev–Trinajstić information content (AvgIpc) is 2.85. The van der Waals surface area contributed by atoms with Crippen LogP contribution in [0.4, 0.5) is 0 Å². The fraction of sp³-hybridized carbons (Fsp3) is 0.381. The number of ketones is 3. The van der Waals surface area contributed by atoms with Gasteiger partial charge in [0.25, 0.3) is 0 Å². The van der Waals surface area contributed by atoms with Gasteiger partial charge in [0.05, 0.1) is 11.1 Å². The largest absolute Gasteiger partial charge is 0.507 e. The molecule has 7 heteroatoms. The molecular formula is C21H23NO6. The first-order valence-electron chi connectivity index (χ1n) is 8.99. The van der Waals surface area contributed by atoms with Gasteiger partial charge in [0.2, 0.25) is 0 Å². The Bertz CT molecular complexity index is 1010. The van der Waals surface area contributed by atoms with Crippen molar-refractivity contribution < 1.29 is 29.3 Å². The first-order valence-corrected chi connectivity index (χ1v) is 8.99. The molecule has 1 aliphatic heterocycles. The van der Waals surface area contributed by atoms with Crippen molar-refractivity contribution in [3.05, 3.63) is 39.8 Å². The van der Waals surface area contributed by atoms with Crippen molar-refractivity contribution in [3.63, 3.8) is 0 Å². The van der Waals surface area contributed by atoms with E-state index in [0.29, 0.717) is 5.70 Å². The summed E-state index contributed by atoms with van der Waals surface area (Å²) in [5, 5.41) is 24.1. The van der Waals surface area contributed by atoms with Crippen LogP contribution in [0.2, 0.25) is 0 Å². The molecular weight excluding hydrogens is 362 g/mol. The zero-order chi connectivity index (χ0) is 21.1. The molecule has 0 amide bonds. The lowest BCUT2D eigenvalue weighted by Gasteiger charge is -2.29. The van der Waals surface area contributed by atoms with Crippen LogP contribution in [0.3, 0.4) is 0 Å². The van der Waals surface area contributed by atoms with Gasteiger partial charge in [0, 0.05) is 23.4 Å². The molecule has 2 aliphatic rings. The number of carbonyl (C=O) groups excluding carboxylic acids is 3. The van der Waals surface area contributed by atoms with Crippen molar-refractivity contribution in [2.24, 2.45) is 0 Å². The maximum absolute atomic E-state index is 13.5. The van der Waals surface area contributed by atoms with Crippen LogP contribution >= 0.6 is 0 Å². The molecule has 28 heavy (non-hydrogen) atoms. The van der Waals surface area contributed by atoms with Gasteiger partial charge in [-0.15, -0.1) is 0 Å². The molecule has 0 bridgehead atoms. The Morgan fingerprint density at radius 2 is 1.79 bits per heavy atom. The molecule has 1 atom stereocenters. The Morgan fingerprint density at radius 3 is 2.32 bits per heavy atom.